The van der Waals surface area contributed by atoms with Crippen LogP contribution in [-0.4, -0.2) is 37.0 Å². The van der Waals surface area contributed by atoms with Crippen LogP contribution >= 0.6 is 23.2 Å². The van der Waals surface area contributed by atoms with Gasteiger partial charge in [-0.2, -0.15) is 0 Å². The van der Waals surface area contributed by atoms with Crippen LogP contribution in [0.25, 0.3) is 0 Å². The Morgan fingerprint density at radius 3 is 2.69 bits per heavy atom. The molecular formula is C19H24Cl2N2O3. The number of benzene rings is 1. The van der Waals surface area contributed by atoms with Crippen molar-refractivity contribution in [2.45, 2.75) is 26.9 Å². The lowest BCUT2D eigenvalue weighted by Gasteiger charge is -2.17. The van der Waals surface area contributed by atoms with E-state index in [4.69, 9.17) is 32.4 Å². The Morgan fingerprint density at radius 1 is 1.19 bits per heavy atom. The number of carbonyl (C=O) groups is 1. The van der Waals surface area contributed by atoms with Crippen molar-refractivity contribution in [3.05, 3.63) is 51.9 Å². The summed E-state index contributed by atoms with van der Waals surface area (Å²) in [5.74, 6) is 1.05. The molecule has 5 nitrogen and oxygen atoms in total. The molecule has 0 radical (unpaired) electrons. The highest BCUT2D eigenvalue weighted by molar-refractivity contribution is 6.42. The predicted molar refractivity (Wildman–Crippen MR) is 104 cm³/mol. The van der Waals surface area contributed by atoms with Crippen molar-refractivity contribution < 1.29 is 13.9 Å². The van der Waals surface area contributed by atoms with Gasteiger partial charge in [0.15, 0.2) is 5.76 Å². The Bertz CT molecular complexity index is 715. The summed E-state index contributed by atoms with van der Waals surface area (Å²) in [4.78, 5) is 14.4. The predicted octanol–water partition coefficient (Wildman–Crippen LogP) is 4.63. The van der Waals surface area contributed by atoms with E-state index in [1.54, 1.807) is 30.3 Å². The van der Waals surface area contributed by atoms with Crippen molar-refractivity contribution in [1.29, 1.82) is 0 Å². The minimum absolute atomic E-state index is 0.162. The summed E-state index contributed by atoms with van der Waals surface area (Å²) in [6.45, 7) is 8.03. The highest BCUT2D eigenvalue weighted by Gasteiger charge is 2.12. The standard InChI is InChI=1S/C19H24Cl2N2O3/c1-3-23(4-2)12-6-11-22-19(24)17-10-9-14(26-17)13-25-16-8-5-7-15(20)18(16)21/h5,7-10H,3-4,6,11-13H2,1-2H3,(H,22,24). The van der Waals surface area contributed by atoms with Crippen LogP contribution in [-0.2, 0) is 6.61 Å². The smallest absolute Gasteiger partial charge is 0.286 e. The van der Waals surface area contributed by atoms with Crippen molar-refractivity contribution in [2.75, 3.05) is 26.2 Å². The van der Waals surface area contributed by atoms with E-state index in [-0.39, 0.29) is 18.3 Å². The summed E-state index contributed by atoms with van der Waals surface area (Å²) in [6.07, 6.45) is 0.900. The molecule has 1 aromatic carbocycles. The van der Waals surface area contributed by atoms with E-state index in [1.165, 1.54) is 0 Å². The summed E-state index contributed by atoms with van der Waals surface area (Å²) in [5.41, 5.74) is 0. The van der Waals surface area contributed by atoms with E-state index in [9.17, 15) is 4.79 Å². The number of halogens is 2. The van der Waals surface area contributed by atoms with Crippen LogP contribution in [0.5, 0.6) is 5.75 Å². The fraction of sp³-hybridized carbons (Fsp3) is 0.421. The van der Waals surface area contributed by atoms with Gasteiger partial charge < -0.3 is 19.4 Å². The molecule has 0 aliphatic heterocycles. The van der Waals surface area contributed by atoms with Crippen LogP contribution in [0.4, 0.5) is 0 Å². The molecule has 0 bridgehead atoms. The molecule has 0 aliphatic carbocycles. The van der Waals surface area contributed by atoms with Gasteiger partial charge in [-0.3, -0.25) is 4.79 Å². The van der Waals surface area contributed by atoms with Crippen LogP contribution in [0.15, 0.2) is 34.7 Å². The topological polar surface area (TPSA) is 54.7 Å². The molecule has 2 aromatic rings. The van der Waals surface area contributed by atoms with Crippen molar-refractivity contribution in [1.82, 2.24) is 10.2 Å². The largest absolute Gasteiger partial charge is 0.484 e. The molecule has 0 spiro atoms. The number of amides is 1. The molecule has 0 saturated carbocycles. The van der Waals surface area contributed by atoms with Gasteiger partial charge in [0, 0.05) is 6.54 Å². The van der Waals surface area contributed by atoms with E-state index in [0.29, 0.717) is 28.1 Å². The Morgan fingerprint density at radius 2 is 1.96 bits per heavy atom. The molecule has 0 saturated heterocycles. The Hall–Kier alpha value is -1.69. The molecule has 0 aliphatic rings. The first-order valence-corrected chi connectivity index (χ1v) is 9.46. The average molecular weight is 399 g/mol. The third-order valence-electron chi connectivity index (χ3n) is 4.00. The third kappa shape index (κ3) is 5.94. The van der Waals surface area contributed by atoms with Gasteiger partial charge in [-0.05, 0) is 50.3 Å². The zero-order valence-electron chi connectivity index (χ0n) is 15.1. The van der Waals surface area contributed by atoms with Crippen molar-refractivity contribution in [3.63, 3.8) is 0 Å². The van der Waals surface area contributed by atoms with Gasteiger partial charge in [-0.15, -0.1) is 0 Å². The number of hydrogen-bond acceptors (Lipinski definition) is 4. The minimum Gasteiger partial charge on any atom is -0.484 e. The lowest BCUT2D eigenvalue weighted by molar-refractivity contribution is 0.0920. The molecular weight excluding hydrogens is 375 g/mol. The van der Waals surface area contributed by atoms with Gasteiger partial charge in [0.05, 0.1) is 5.02 Å². The summed E-state index contributed by atoms with van der Waals surface area (Å²) in [5, 5.41) is 3.65. The maximum atomic E-state index is 12.1. The van der Waals surface area contributed by atoms with Gasteiger partial charge in [0.2, 0.25) is 0 Å². The van der Waals surface area contributed by atoms with Crippen LogP contribution in [0.1, 0.15) is 36.6 Å². The quantitative estimate of drug-likeness (QED) is 0.592. The molecule has 0 atom stereocenters. The monoisotopic (exact) mass is 398 g/mol. The third-order valence-corrected chi connectivity index (χ3v) is 4.80. The highest BCUT2D eigenvalue weighted by atomic mass is 35.5. The van der Waals surface area contributed by atoms with Gasteiger partial charge in [-0.1, -0.05) is 43.1 Å². The Kier molecular flexibility index (Phi) is 8.29. The fourth-order valence-electron chi connectivity index (χ4n) is 2.45. The number of nitrogens with one attached hydrogen (secondary N) is 1. The van der Waals surface area contributed by atoms with Crippen LogP contribution in [0, 0.1) is 0 Å². The zero-order valence-corrected chi connectivity index (χ0v) is 16.6. The van der Waals surface area contributed by atoms with E-state index in [2.05, 4.69) is 24.1 Å². The van der Waals surface area contributed by atoms with E-state index in [0.717, 1.165) is 26.1 Å². The number of nitrogens with zero attached hydrogens (tertiary/aromatic N) is 1. The lowest BCUT2D eigenvalue weighted by Crippen LogP contribution is -2.29. The second kappa shape index (κ2) is 10.5. The first-order chi connectivity index (χ1) is 12.5. The Labute approximate surface area is 164 Å². The molecule has 142 valence electrons. The van der Waals surface area contributed by atoms with E-state index >= 15 is 0 Å². The molecule has 0 unspecified atom stereocenters. The van der Waals surface area contributed by atoms with Crippen LogP contribution in [0.3, 0.4) is 0 Å². The normalized spacial score (nSPS) is 11.0. The van der Waals surface area contributed by atoms with Crippen molar-refractivity contribution in [2.24, 2.45) is 0 Å². The molecule has 1 aromatic heterocycles. The number of carbonyl (C=O) groups excluding carboxylic acids is 1. The van der Waals surface area contributed by atoms with E-state index < -0.39 is 0 Å². The van der Waals surface area contributed by atoms with Gasteiger partial charge in [0.1, 0.15) is 23.1 Å². The Balaban J connectivity index is 1.79. The van der Waals surface area contributed by atoms with Gasteiger partial charge >= 0.3 is 0 Å². The SMILES string of the molecule is CCN(CC)CCCNC(=O)c1ccc(COc2cccc(Cl)c2Cl)o1. The van der Waals surface area contributed by atoms with Crippen molar-refractivity contribution in [3.8, 4) is 5.75 Å². The second-order valence-corrected chi connectivity index (χ2v) is 6.53. The second-order valence-electron chi connectivity index (χ2n) is 5.74. The van der Waals surface area contributed by atoms with E-state index in [1.807, 2.05) is 0 Å². The maximum Gasteiger partial charge on any atom is 0.286 e. The number of furan rings is 1. The molecule has 1 amide bonds. The molecule has 1 N–H and O–H groups in total. The van der Waals surface area contributed by atoms with Gasteiger partial charge in [-0.25, -0.2) is 0 Å². The molecule has 1 heterocycles. The number of hydrogen-bond donors (Lipinski definition) is 1. The maximum absolute atomic E-state index is 12.1. The molecule has 7 heteroatoms. The van der Waals surface area contributed by atoms with Gasteiger partial charge in [0.25, 0.3) is 5.91 Å². The summed E-state index contributed by atoms with van der Waals surface area (Å²) >= 11 is 12.0. The molecule has 2 rings (SSSR count). The summed E-state index contributed by atoms with van der Waals surface area (Å²) in [6, 6.07) is 8.51. The molecule has 26 heavy (non-hydrogen) atoms. The average Bonchev–Trinajstić information content (AvgIpc) is 3.12. The highest BCUT2D eigenvalue weighted by Crippen LogP contribution is 2.32. The minimum atomic E-state index is -0.225. The lowest BCUT2D eigenvalue weighted by atomic mass is 10.3. The first kappa shape index (κ1) is 20.6. The first-order valence-electron chi connectivity index (χ1n) is 8.71. The fourth-order valence-corrected chi connectivity index (χ4v) is 2.80. The molecule has 0 fully saturated rings. The van der Waals surface area contributed by atoms with Crippen molar-refractivity contribution >= 4 is 29.1 Å². The zero-order chi connectivity index (χ0) is 18.9. The number of ether oxygens (including phenoxy) is 1. The summed E-state index contributed by atoms with van der Waals surface area (Å²) < 4.78 is 11.1. The summed E-state index contributed by atoms with van der Waals surface area (Å²) in [7, 11) is 0. The van der Waals surface area contributed by atoms with Crippen LogP contribution < -0.4 is 10.1 Å². The van der Waals surface area contributed by atoms with Crippen LogP contribution in [0.2, 0.25) is 10.0 Å². The number of rotatable bonds is 10.